The third kappa shape index (κ3) is 4.05. The first-order chi connectivity index (χ1) is 9.81. The lowest BCUT2D eigenvalue weighted by molar-refractivity contribution is 0.0945. The van der Waals surface area contributed by atoms with Gasteiger partial charge in [-0.05, 0) is 30.9 Å². The van der Waals surface area contributed by atoms with Gasteiger partial charge < -0.3 is 15.8 Å². The predicted octanol–water partition coefficient (Wildman–Crippen LogP) is 0.548. The predicted molar refractivity (Wildman–Crippen MR) is 76.0 cm³/mol. The number of nitrogens with zero attached hydrogens (tertiary/aromatic N) is 1. The number of amides is 1. The first-order valence-corrected chi connectivity index (χ1v) is 6.81. The molecule has 3 N–H and O–H groups in total. The minimum absolute atomic E-state index is 0.189. The van der Waals surface area contributed by atoms with E-state index in [1.807, 2.05) is 0 Å². The summed E-state index contributed by atoms with van der Waals surface area (Å²) in [4.78, 5) is 16.2. The summed E-state index contributed by atoms with van der Waals surface area (Å²) in [6.07, 6.45) is 3.60. The van der Waals surface area contributed by atoms with E-state index in [1.54, 1.807) is 18.3 Å². The van der Waals surface area contributed by atoms with Crippen LogP contribution in [-0.2, 0) is 4.74 Å². The fourth-order valence-corrected chi connectivity index (χ4v) is 2.12. The van der Waals surface area contributed by atoms with Gasteiger partial charge in [0.15, 0.2) is 0 Å². The number of hydrogen-bond acceptors (Lipinski definition) is 4. The molecule has 1 unspecified atom stereocenters. The Bertz CT molecular complexity index is 513. The van der Waals surface area contributed by atoms with E-state index in [0.29, 0.717) is 23.7 Å². The minimum Gasteiger partial charge on any atom is -0.381 e. The van der Waals surface area contributed by atoms with Crippen LogP contribution in [0.15, 0.2) is 18.3 Å². The van der Waals surface area contributed by atoms with Crippen molar-refractivity contribution >= 4 is 5.91 Å². The molecule has 0 radical (unpaired) electrons. The molecule has 1 aliphatic heterocycles. The monoisotopic (exact) mass is 273 g/mol. The van der Waals surface area contributed by atoms with Crippen molar-refractivity contribution in [1.82, 2.24) is 10.3 Å². The van der Waals surface area contributed by atoms with Crippen LogP contribution in [-0.4, -0.2) is 37.2 Å². The Morgan fingerprint density at radius 1 is 1.60 bits per heavy atom. The molecule has 1 aromatic heterocycles. The van der Waals surface area contributed by atoms with E-state index in [1.165, 1.54) is 0 Å². The van der Waals surface area contributed by atoms with E-state index >= 15 is 0 Å². The first-order valence-electron chi connectivity index (χ1n) is 6.81. The summed E-state index contributed by atoms with van der Waals surface area (Å²) < 4.78 is 5.31. The van der Waals surface area contributed by atoms with Crippen LogP contribution in [0.4, 0.5) is 0 Å². The van der Waals surface area contributed by atoms with Crippen molar-refractivity contribution in [2.45, 2.75) is 12.8 Å². The van der Waals surface area contributed by atoms with Gasteiger partial charge in [0.2, 0.25) is 0 Å². The zero-order valence-corrected chi connectivity index (χ0v) is 11.4. The zero-order chi connectivity index (χ0) is 14.2. The van der Waals surface area contributed by atoms with Crippen molar-refractivity contribution in [3.63, 3.8) is 0 Å². The van der Waals surface area contributed by atoms with Gasteiger partial charge >= 0.3 is 0 Å². The van der Waals surface area contributed by atoms with Crippen molar-refractivity contribution in [2.24, 2.45) is 11.7 Å². The van der Waals surface area contributed by atoms with Crippen LogP contribution in [0.25, 0.3) is 0 Å². The Morgan fingerprint density at radius 3 is 3.25 bits per heavy atom. The Kier molecular flexibility index (Phi) is 5.54. The van der Waals surface area contributed by atoms with Crippen molar-refractivity contribution in [2.75, 3.05) is 26.3 Å². The normalized spacial score (nSPS) is 17.4. The molecule has 0 spiro atoms. The van der Waals surface area contributed by atoms with Gasteiger partial charge in [0.25, 0.3) is 5.91 Å². The molecular weight excluding hydrogens is 254 g/mol. The summed E-state index contributed by atoms with van der Waals surface area (Å²) in [6.45, 7) is 2.52. The van der Waals surface area contributed by atoms with Gasteiger partial charge in [0.05, 0.1) is 12.1 Å². The summed E-state index contributed by atoms with van der Waals surface area (Å²) >= 11 is 0. The summed E-state index contributed by atoms with van der Waals surface area (Å²) in [5, 5.41) is 2.89. The lowest BCUT2D eigenvalue weighted by atomic mass is 10.1. The van der Waals surface area contributed by atoms with E-state index in [-0.39, 0.29) is 12.5 Å². The summed E-state index contributed by atoms with van der Waals surface area (Å²) in [6, 6.07) is 3.53. The molecule has 5 nitrogen and oxygen atoms in total. The molecule has 1 amide bonds. The van der Waals surface area contributed by atoms with Gasteiger partial charge in [-0.15, -0.1) is 0 Å². The van der Waals surface area contributed by atoms with Crippen LogP contribution in [0, 0.1) is 17.8 Å². The Balaban J connectivity index is 1.91. The molecule has 0 aliphatic carbocycles. The standard InChI is InChI=1S/C15H19N3O2/c16-7-1-3-13-4-2-8-17-14(13)15(19)18-9-5-12-6-10-20-11-12/h2,4,8,12H,5-7,9-11,16H2,(H,18,19). The highest BCUT2D eigenvalue weighted by Gasteiger charge is 2.16. The van der Waals surface area contributed by atoms with Gasteiger partial charge in [-0.1, -0.05) is 11.8 Å². The molecule has 2 rings (SSSR count). The van der Waals surface area contributed by atoms with Crippen molar-refractivity contribution in [3.8, 4) is 11.8 Å². The summed E-state index contributed by atoms with van der Waals surface area (Å²) in [5.74, 6) is 5.97. The number of nitrogens with one attached hydrogen (secondary N) is 1. The third-order valence-corrected chi connectivity index (χ3v) is 3.21. The zero-order valence-electron chi connectivity index (χ0n) is 11.4. The maximum Gasteiger partial charge on any atom is 0.271 e. The minimum atomic E-state index is -0.189. The number of carbonyl (C=O) groups is 1. The number of hydrogen-bond donors (Lipinski definition) is 2. The fourth-order valence-electron chi connectivity index (χ4n) is 2.12. The first kappa shape index (κ1) is 14.5. The number of rotatable bonds is 4. The Hall–Kier alpha value is -1.90. The van der Waals surface area contributed by atoms with E-state index in [2.05, 4.69) is 22.1 Å². The van der Waals surface area contributed by atoms with Gasteiger partial charge in [-0.2, -0.15) is 0 Å². The third-order valence-electron chi connectivity index (χ3n) is 3.21. The lowest BCUT2D eigenvalue weighted by Gasteiger charge is -2.09. The highest BCUT2D eigenvalue weighted by Crippen LogP contribution is 2.15. The second kappa shape index (κ2) is 7.63. The molecule has 1 saturated heterocycles. The van der Waals surface area contributed by atoms with Crippen LogP contribution in [0.5, 0.6) is 0 Å². The second-order valence-corrected chi connectivity index (χ2v) is 4.68. The molecule has 0 aromatic carbocycles. The number of ether oxygens (including phenoxy) is 1. The molecule has 1 atom stereocenters. The van der Waals surface area contributed by atoms with Gasteiger partial charge in [-0.25, -0.2) is 4.98 Å². The molecule has 1 aliphatic rings. The van der Waals surface area contributed by atoms with Gasteiger partial charge in [0.1, 0.15) is 5.69 Å². The average molecular weight is 273 g/mol. The Labute approximate surface area is 118 Å². The number of aromatic nitrogens is 1. The van der Waals surface area contributed by atoms with Crippen LogP contribution < -0.4 is 11.1 Å². The average Bonchev–Trinajstić information content (AvgIpc) is 2.98. The second-order valence-electron chi connectivity index (χ2n) is 4.68. The largest absolute Gasteiger partial charge is 0.381 e. The van der Waals surface area contributed by atoms with Crippen molar-refractivity contribution < 1.29 is 9.53 Å². The van der Waals surface area contributed by atoms with Gasteiger partial charge in [0, 0.05) is 26.0 Å². The van der Waals surface area contributed by atoms with E-state index < -0.39 is 0 Å². The van der Waals surface area contributed by atoms with E-state index in [9.17, 15) is 4.79 Å². The van der Waals surface area contributed by atoms with E-state index in [4.69, 9.17) is 10.5 Å². The molecule has 0 saturated carbocycles. The van der Waals surface area contributed by atoms with Crippen LogP contribution >= 0.6 is 0 Å². The van der Waals surface area contributed by atoms with Crippen molar-refractivity contribution in [3.05, 3.63) is 29.6 Å². The fraction of sp³-hybridized carbons (Fsp3) is 0.467. The number of pyridine rings is 1. The highest BCUT2D eigenvalue weighted by molar-refractivity contribution is 5.94. The summed E-state index contributed by atoms with van der Waals surface area (Å²) in [5.41, 5.74) is 6.31. The van der Waals surface area contributed by atoms with E-state index in [0.717, 1.165) is 26.1 Å². The molecule has 20 heavy (non-hydrogen) atoms. The maximum atomic E-state index is 12.1. The van der Waals surface area contributed by atoms with Crippen LogP contribution in [0.1, 0.15) is 28.9 Å². The molecule has 0 bridgehead atoms. The lowest BCUT2D eigenvalue weighted by Crippen LogP contribution is -2.27. The van der Waals surface area contributed by atoms with Crippen molar-refractivity contribution in [1.29, 1.82) is 0 Å². The molecule has 106 valence electrons. The van der Waals surface area contributed by atoms with Crippen LogP contribution in [0.2, 0.25) is 0 Å². The highest BCUT2D eigenvalue weighted by atomic mass is 16.5. The smallest absolute Gasteiger partial charge is 0.271 e. The molecule has 1 aromatic rings. The number of nitrogens with two attached hydrogens (primary N) is 1. The molecular formula is C15H19N3O2. The van der Waals surface area contributed by atoms with Gasteiger partial charge in [-0.3, -0.25) is 4.79 Å². The van der Waals surface area contributed by atoms with Crippen LogP contribution in [0.3, 0.4) is 0 Å². The quantitative estimate of drug-likeness (QED) is 0.785. The maximum absolute atomic E-state index is 12.1. The summed E-state index contributed by atoms with van der Waals surface area (Å²) in [7, 11) is 0. The Morgan fingerprint density at radius 2 is 2.50 bits per heavy atom. The topological polar surface area (TPSA) is 77.2 Å². The SMILES string of the molecule is NCC#Cc1cccnc1C(=O)NCCC1CCOC1. The number of carbonyl (C=O) groups excluding carboxylic acids is 1. The molecule has 2 heterocycles. The molecule has 5 heteroatoms. The molecule has 1 fully saturated rings.